The van der Waals surface area contributed by atoms with Gasteiger partial charge in [-0.25, -0.2) is 13.1 Å². The molecule has 108 valence electrons. The monoisotopic (exact) mass is 291 g/mol. The summed E-state index contributed by atoms with van der Waals surface area (Å²) in [6, 6.07) is 0. The Morgan fingerprint density at radius 1 is 1.28 bits per heavy atom. The van der Waals surface area contributed by atoms with Crippen LogP contribution in [0.5, 0.6) is 0 Å². The van der Waals surface area contributed by atoms with Gasteiger partial charge in [0.05, 0.1) is 12.9 Å². The Bertz CT molecular complexity index is 353. The summed E-state index contributed by atoms with van der Waals surface area (Å²) in [5.74, 6) is -0.837. The first-order valence-corrected chi connectivity index (χ1v) is 6.92. The smallest absolute Gasteiger partial charge is 0.389 e. The minimum atomic E-state index is -4.28. The van der Waals surface area contributed by atoms with Crippen molar-refractivity contribution in [2.24, 2.45) is 0 Å². The van der Waals surface area contributed by atoms with Crippen LogP contribution in [0.15, 0.2) is 0 Å². The Morgan fingerprint density at radius 2 is 1.89 bits per heavy atom. The zero-order valence-corrected chi connectivity index (χ0v) is 10.7. The largest absolute Gasteiger partial charge is 0.469 e. The van der Waals surface area contributed by atoms with Crippen LogP contribution in [0.4, 0.5) is 13.2 Å². The number of nitrogens with one attached hydrogen (secondary N) is 1. The number of esters is 1. The minimum Gasteiger partial charge on any atom is -0.469 e. The first-order chi connectivity index (χ1) is 8.16. The summed E-state index contributed by atoms with van der Waals surface area (Å²) in [7, 11) is -2.44. The van der Waals surface area contributed by atoms with Gasteiger partial charge in [-0.3, -0.25) is 4.79 Å². The molecule has 9 heteroatoms. The van der Waals surface area contributed by atoms with Gasteiger partial charge in [0.25, 0.3) is 0 Å². The van der Waals surface area contributed by atoms with Gasteiger partial charge in [0.15, 0.2) is 0 Å². The van der Waals surface area contributed by atoms with Gasteiger partial charge in [-0.1, -0.05) is 0 Å². The second-order valence-corrected chi connectivity index (χ2v) is 5.54. The van der Waals surface area contributed by atoms with Gasteiger partial charge in [0.1, 0.15) is 0 Å². The van der Waals surface area contributed by atoms with E-state index >= 15 is 0 Å². The van der Waals surface area contributed by atoms with Gasteiger partial charge < -0.3 is 4.74 Å². The molecule has 18 heavy (non-hydrogen) atoms. The Balaban J connectivity index is 3.78. The van der Waals surface area contributed by atoms with E-state index in [9.17, 15) is 26.4 Å². The van der Waals surface area contributed by atoms with Crippen molar-refractivity contribution in [3.63, 3.8) is 0 Å². The van der Waals surface area contributed by atoms with Crippen molar-refractivity contribution in [3.05, 3.63) is 0 Å². The van der Waals surface area contributed by atoms with Crippen LogP contribution in [0, 0.1) is 0 Å². The highest BCUT2D eigenvalue weighted by molar-refractivity contribution is 7.89. The lowest BCUT2D eigenvalue weighted by atomic mass is 10.3. The Hall–Kier alpha value is -0.830. The van der Waals surface area contributed by atoms with Crippen molar-refractivity contribution in [1.29, 1.82) is 0 Å². The predicted molar refractivity (Wildman–Crippen MR) is 58.3 cm³/mol. The quantitative estimate of drug-likeness (QED) is 0.539. The van der Waals surface area contributed by atoms with E-state index in [2.05, 4.69) is 4.74 Å². The van der Waals surface area contributed by atoms with Crippen molar-refractivity contribution in [2.75, 3.05) is 19.4 Å². The zero-order valence-electron chi connectivity index (χ0n) is 9.92. The van der Waals surface area contributed by atoms with Crippen LogP contribution in [-0.2, 0) is 19.6 Å². The van der Waals surface area contributed by atoms with Gasteiger partial charge in [0.2, 0.25) is 10.0 Å². The summed E-state index contributed by atoms with van der Waals surface area (Å²) in [5.41, 5.74) is 0. The fourth-order valence-electron chi connectivity index (χ4n) is 1.10. The van der Waals surface area contributed by atoms with E-state index in [1.54, 1.807) is 0 Å². The number of rotatable bonds is 8. The Kier molecular flexibility index (Phi) is 7.22. The minimum absolute atomic E-state index is 0.0417. The van der Waals surface area contributed by atoms with E-state index in [0.717, 1.165) is 0 Å². The highest BCUT2D eigenvalue weighted by atomic mass is 32.2. The molecule has 0 spiro atoms. The highest BCUT2D eigenvalue weighted by Gasteiger charge is 2.26. The molecule has 0 radical (unpaired) electrons. The summed E-state index contributed by atoms with van der Waals surface area (Å²) in [4.78, 5) is 10.7. The topological polar surface area (TPSA) is 72.5 Å². The maximum atomic E-state index is 11.8. The van der Waals surface area contributed by atoms with Crippen LogP contribution < -0.4 is 4.72 Å². The lowest BCUT2D eigenvalue weighted by Crippen LogP contribution is -2.28. The lowest BCUT2D eigenvalue weighted by Gasteiger charge is -2.08. The van der Waals surface area contributed by atoms with Crippen LogP contribution >= 0.6 is 0 Å². The SMILES string of the molecule is COC(=O)CCCS(=O)(=O)NCCCC(F)(F)F. The second kappa shape index (κ2) is 7.57. The maximum Gasteiger partial charge on any atom is 0.389 e. The number of alkyl halides is 3. The van der Waals surface area contributed by atoms with Gasteiger partial charge in [-0.05, 0) is 12.8 Å². The number of carbonyl (C=O) groups is 1. The third-order valence-electron chi connectivity index (χ3n) is 1.98. The lowest BCUT2D eigenvalue weighted by molar-refractivity contribution is -0.140. The molecular weight excluding hydrogens is 275 g/mol. The number of hydrogen-bond donors (Lipinski definition) is 1. The van der Waals surface area contributed by atoms with E-state index in [1.165, 1.54) is 7.11 Å². The number of ether oxygens (including phenoxy) is 1. The molecule has 0 rings (SSSR count). The molecule has 0 fully saturated rings. The van der Waals surface area contributed by atoms with Crippen molar-refractivity contribution < 1.29 is 31.1 Å². The maximum absolute atomic E-state index is 11.8. The van der Waals surface area contributed by atoms with E-state index in [4.69, 9.17) is 0 Å². The number of carbonyl (C=O) groups excluding carboxylic acids is 1. The molecule has 0 aromatic heterocycles. The molecule has 0 unspecified atom stereocenters. The molecule has 0 amide bonds. The summed E-state index contributed by atoms with van der Waals surface area (Å²) >= 11 is 0. The molecule has 0 aliphatic carbocycles. The fraction of sp³-hybridized carbons (Fsp3) is 0.889. The summed E-state index contributed by atoms with van der Waals surface area (Å²) in [5, 5.41) is 0. The van der Waals surface area contributed by atoms with Crippen LogP contribution in [0.3, 0.4) is 0 Å². The number of halogens is 3. The average molecular weight is 291 g/mol. The molecule has 0 atom stereocenters. The number of hydrogen-bond acceptors (Lipinski definition) is 4. The van der Waals surface area contributed by atoms with Gasteiger partial charge in [-0.15, -0.1) is 0 Å². The Morgan fingerprint density at radius 3 is 2.39 bits per heavy atom. The van der Waals surface area contributed by atoms with Crippen LogP contribution in [-0.4, -0.2) is 40.0 Å². The number of methoxy groups -OCH3 is 1. The molecule has 1 N–H and O–H groups in total. The molecule has 0 saturated heterocycles. The Labute approximate surface area is 104 Å². The van der Waals surface area contributed by atoms with Crippen molar-refractivity contribution in [1.82, 2.24) is 4.72 Å². The predicted octanol–water partition coefficient (Wildman–Crippen LogP) is 1.20. The standard InChI is InChI=1S/C9H16F3NO4S/c1-17-8(14)4-2-7-18(15,16)13-6-3-5-9(10,11)12/h13H,2-7H2,1H3. The van der Waals surface area contributed by atoms with Crippen molar-refractivity contribution >= 4 is 16.0 Å². The van der Waals surface area contributed by atoms with Crippen LogP contribution in [0.25, 0.3) is 0 Å². The average Bonchev–Trinajstić information content (AvgIpc) is 2.23. The third kappa shape index (κ3) is 10.3. The summed E-state index contributed by atoms with van der Waals surface area (Å²) in [6.07, 6.45) is -5.59. The summed E-state index contributed by atoms with van der Waals surface area (Å²) in [6.45, 7) is -0.264. The molecule has 5 nitrogen and oxygen atoms in total. The van der Waals surface area contributed by atoms with Crippen LogP contribution in [0.1, 0.15) is 25.7 Å². The van der Waals surface area contributed by atoms with Gasteiger partial charge in [0, 0.05) is 19.4 Å². The van der Waals surface area contributed by atoms with Gasteiger partial charge in [-0.2, -0.15) is 13.2 Å². The molecule has 0 aromatic carbocycles. The van der Waals surface area contributed by atoms with Crippen LogP contribution in [0.2, 0.25) is 0 Å². The van der Waals surface area contributed by atoms with E-state index in [1.807, 2.05) is 4.72 Å². The van der Waals surface area contributed by atoms with Crippen molar-refractivity contribution in [2.45, 2.75) is 31.9 Å². The first kappa shape index (κ1) is 17.2. The fourth-order valence-corrected chi connectivity index (χ4v) is 2.22. The molecular formula is C9H16F3NO4S. The van der Waals surface area contributed by atoms with E-state index in [-0.39, 0.29) is 31.6 Å². The second-order valence-electron chi connectivity index (χ2n) is 3.61. The molecule has 0 bridgehead atoms. The molecule has 0 heterocycles. The zero-order chi connectivity index (χ0) is 14.2. The normalized spacial score (nSPS) is 12.4. The number of sulfonamides is 1. The molecule has 0 aliphatic heterocycles. The van der Waals surface area contributed by atoms with Gasteiger partial charge >= 0.3 is 12.1 Å². The molecule has 0 aromatic rings. The molecule has 0 aliphatic rings. The van der Waals surface area contributed by atoms with E-state index < -0.39 is 28.6 Å². The highest BCUT2D eigenvalue weighted by Crippen LogP contribution is 2.20. The molecule has 0 saturated carbocycles. The van der Waals surface area contributed by atoms with Crippen molar-refractivity contribution in [3.8, 4) is 0 Å². The summed E-state index contributed by atoms with van der Waals surface area (Å²) < 4.78 is 64.3. The van der Waals surface area contributed by atoms with E-state index in [0.29, 0.717) is 0 Å². The third-order valence-corrected chi connectivity index (χ3v) is 3.45. The first-order valence-electron chi connectivity index (χ1n) is 5.27.